The van der Waals surface area contributed by atoms with Crippen LogP contribution < -0.4 is 0 Å². The minimum atomic E-state index is -0.115. The zero-order valence-corrected chi connectivity index (χ0v) is 6.33. The van der Waals surface area contributed by atoms with Crippen LogP contribution in [0.15, 0.2) is 18.2 Å². The molecule has 0 bridgehead atoms. The maximum Gasteiger partial charge on any atom is 0.113 e. The third-order valence-electron chi connectivity index (χ3n) is 1.18. The monoisotopic (exact) mass is 147 g/mol. The van der Waals surface area contributed by atoms with Crippen LogP contribution in [0.3, 0.4) is 0 Å². The first-order chi connectivity index (χ1) is 5.33. The number of hydrogen-bond acceptors (Lipinski definition) is 2. The minimum absolute atomic E-state index is 0.115. The number of pyridine rings is 1. The molecule has 0 amide bonds. The number of nitrogens with zero attached hydrogens (tertiary/aromatic N) is 1. The molecule has 0 spiro atoms. The van der Waals surface area contributed by atoms with Crippen molar-refractivity contribution in [2.24, 2.45) is 0 Å². The van der Waals surface area contributed by atoms with Crippen LogP contribution in [0.4, 0.5) is 0 Å². The molecule has 0 aliphatic carbocycles. The summed E-state index contributed by atoms with van der Waals surface area (Å²) >= 11 is 0. The maximum absolute atomic E-state index is 8.40. The summed E-state index contributed by atoms with van der Waals surface area (Å²) < 4.78 is 0. The van der Waals surface area contributed by atoms with E-state index in [1.165, 1.54) is 0 Å². The second-order valence-electron chi connectivity index (χ2n) is 2.12. The Bertz CT molecular complexity index is 296. The Kier molecular flexibility index (Phi) is 2.65. The van der Waals surface area contributed by atoms with Crippen LogP contribution in [0.25, 0.3) is 0 Å². The molecule has 1 N–H and O–H groups in total. The highest BCUT2D eigenvalue weighted by Crippen LogP contribution is 1.94. The highest BCUT2D eigenvalue weighted by atomic mass is 16.2. The molecular formula is C9H9NO. The lowest BCUT2D eigenvalue weighted by atomic mass is 10.3. The highest BCUT2D eigenvalue weighted by Gasteiger charge is 1.86. The highest BCUT2D eigenvalue weighted by molar-refractivity contribution is 5.28. The topological polar surface area (TPSA) is 33.1 Å². The Morgan fingerprint density at radius 1 is 1.55 bits per heavy atom. The molecule has 2 nitrogen and oxygen atoms in total. The van der Waals surface area contributed by atoms with E-state index < -0.39 is 0 Å². The Labute approximate surface area is 65.9 Å². The fraction of sp³-hybridized carbons (Fsp3) is 0.222. The van der Waals surface area contributed by atoms with Crippen molar-refractivity contribution in [2.75, 3.05) is 6.61 Å². The summed E-state index contributed by atoms with van der Waals surface area (Å²) in [5.41, 5.74) is 1.65. The van der Waals surface area contributed by atoms with Gasteiger partial charge < -0.3 is 5.11 Å². The molecule has 0 atom stereocenters. The van der Waals surface area contributed by atoms with Crippen LogP contribution in [-0.4, -0.2) is 16.7 Å². The van der Waals surface area contributed by atoms with E-state index in [0.29, 0.717) is 5.69 Å². The van der Waals surface area contributed by atoms with Crippen LogP contribution in [-0.2, 0) is 0 Å². The number of aliphatic hydroxyl groups excluding tert-OH is 1. The van der Waals surface area contributed by atoms with E-state index in [1.54, 1.807) is 0 Å². The molecule has 0 fully saturated rings. The van der Waals surface area contributed by atoms with E-state index in [0.717, 1.165) is 5.69 Å². The Morgan fingerprint density at radius 2 is 2.36 bits per heavy atom. The molecule has 1 aromatic rings. The normalized spacial score (nSPS) is 8.55. The number of rotatable bonds is 0. The second-order valence-corrected chi connectivity index (χ2v) is 2.12. The quantitative estimate of drug-likeness (QED) is 0.549. The molecule has 0 aliphatic rings. The zero-order chi connectivity index (χ0) is 8.10. The van der Waals surface area contributed by atoms with Crippen LogP contribution in [0.2, 0.25) is 0 Å². The maximum atomic E-state index is 8.40. The van der Waals surface area contributed by atoms with E-state index >= 15 is 0 Å². The van der Waals surface area contributed by atoms with Crippen LogP contribution in [0, 0.1) is 18.8 Å². The van der Waals surface area contributed by atoms with Crippen LogP contribution in [0.1, 0.15) is 11.4 Å². The number of aliphatic hydroxyl groups is 1. The van der Waals surface area contributed by atoms with Gasteiger partial charge in [-0.3, -0.25) is 0 Å². The summed E-state index contributed by atoms with van der Waals surface area (Å²) in [5.74, 6) is 5.26. The van der Waals surface area contributed by atoms with Gasteiger partial charge in [0, 0.05) is 5.69 Å². The van der Waals surface area contributed by atoms with E-state index in [9.17, 15) is 0 Å². The van der Waals surface area contributed by atoms with Gasteiger partial charge in [-0.15, -0.1) is 0 Å². The summed E-state index contributed by atoms with van der Waals surface area (Å²) in [6.45, 7) is 1.79. The molecule has 1 rings (SSSR count). The van der Waals surface area contributed by atoms with Crippen molar-refractivity contribution >= 4 is 0 Å². The lowest BCUT2D eigenvalue weighted by molar-refractivity contribution is 0.350. The van der Waals surface area contributed by atoms with Crippen molar-refractivity contribution in [3.05, 3.63) is 29.6 Å². The lowest BCUT2D eigenvalue weighted by Gasteiger charge is -1.90. The third kappa shape index (κ3) is 2.40. The van der Waals surface area contributed by atoms with Crippen LogP contribution in [0.5, 0.6) is 0 Å². The summed E-state index contributed by atoms with van der Waals surface area (Å²) in [6.07, 6.45) is 0. The molecule has 0 saturated heterocycles. The molecule has 1 aromatic heterocycles. The first kappa shape index (κ1) is 7.77. The molecule has 56 valence electrons. The third-order valence-corrected chi connectivity index (χ3v) is 1.18. The summed E-state index contributed by atoms with van der Waals surface area (Å²) in [6, 6.07) is 5.61. The summed E-state index contributed by atoms with van der Waals surface area (Å²) in [7, 11) is 0. The van der Waals surface area contributed by atoms with Crippen molar-refractivity contribution in [3.8, 4) is 11.8 Å². The fourth-order valence-electron chi connectivity index (χ4n) is 0.743. The number of hydrogen-bond donors (Lipinski definition) is 1. The van der Waals surface area contributed by atoms with E-state index in [-0.39, 0.29) is 6.61 Å². The van der Waals surface area contributed by atoms with Gasteiger partial charge in [-0.05, 0) is 25.0 Å². The average Bonchev–Trinajstić information content (AvgIpc) is 2.01. The first-order valence-corrected chi connectivity index (χ1v) is 3.36. The zero-order valence-electron chi connectivity index (χ0n) is 6.33. The van der Waals surface area contributed by atoms with Gasteiger partial charge in [-0.1, -0.05) is 12.0 Å². The van der Waals surface area contributed by atoms with Crippen LogP contribution >= 0.6 is 0 Å². The van der Waals surface area contributed by atoms with Gasteiger partial charge in [0.25, 0.3) is 0 Å². The van der Waals surface area contributed by atoms with Gasteiger partial charge in [0.05, 0.1) is 0 Å². The summed E-state index contributed by atoms with van der Waals surface area (Å²) in [5, 5.41) is 8.40. The van der Waals surface area contributed by atoms with Gasteiger partial charge >= 0.3 is 0 Å². The molecule has 0 aliphatic heterocycles. The molecule has 0 saturated carbocycles. The van der Waals surface area contributed by atoms with E-state index in [4.69, 9.17) is 5.11 Å². The molecule has 0 aromatic carbocycles. The minimum Gasteiger partial charge on any atom is -0.384 e. The standard InChI is InChI=1S/C9H9NO/c1-8-4-2-5-9(10-8)6-3-7-11/h2,4-5,11H,7H2,1H3. The fourth-order valence-corrected chi connectivity index (χ4v) is 0.743. The largest absolute Gasteiger partial charge is 0.384 e. The Morgan fingerprint density at radius 3 is 3.00 bits per heavy atom. The van der Waals surface area contributed by atoms with Gasteiger partial charge in [-0.25, -0.2) is 4.98 Å². The number of aromatic nitrogens is 1. The first-order valence-electron chi connectivity index (χ1n) is 3.36. The van der Waals surface area contributed by atoms with Gasteiger partial charge in [0.15, 0.2) is 0 Å². The van der Waals surface area contributed by atoms with Crippen molar-refractivity contribution in [1.82, 2.24) is 4.98 Å². The molecule has 11 heavy (non-hydrogen) atoms. The molecule has 0 unspecified atom stereocenters. The lowest BCUT2D eigenvalue weighted by Crippen LogP contribution is -1.85. The summed E-state index contributed by atoms with van der Waals surface area (Å²) in [4.78, 5) is 4.13. The second kappa shape index (κ2) is 3.75. The predicted octanol–water partition coefficient (Wildman–Crippen LogP) is 0.734. The van der Waals surface area contributed by atoms with Crippen molar-refractivity contribution in [2.45, 2.75) is 6.92 Å². The molecule has 0 radical (unpaired) electrons. The smallest absolute Gasteiger partial charge is 0.113 e. The Hall–Kier alpha value is -1.33. The van der Waals surface area contributed by atoms with Crippen molar-refractivity contribution in [3.63, 3.8) is 0 Å². The van der Waals surface area contributed by atoms with E-state index in [1.807, 2.05) is 25.1 Å². The van der Waals surface area contributed by atoms with Gasteiger partial charge in [0.2, 0.25) is 0 Å². The van der Waals surface area contributed by atoms with Crippen molar-refractivity contribution in [1.29, 1.82) is 0 Å². The van der Waals surface area contributed by atoms with Crippen molar-refractivity contribution < 1.29 is 5.11 Å². The predicted molar refractivity (Wildman–Crippen MR) is 42.9 cm³/mol. The SMILES string of the molecule is Cc1cccc(C#CCO)n1. The van der Waals surface area contributed by atoms with Gasteiger partial charge in [-0.2, -0.15) is 0 Å². The molecule has 2 heteroatoms. The Balaban J connectivity index is 2.87. The molecular weight excluding hydrogens is 138 g/mol. The average molecular weight is 147 g/mol. The van der Waals surface area contributed by atoms with Gasteiger partial charge in [0.1, 0.15) is 12.3 Å². The van der Waals surface area contributed by atoms with E-state index in [2.05, 4.69) is 16.8 Å². The number of aryl methyl sites for hydroxylation is 1. The molecule has 1 heterocycles.